The number of imidazole rings is 1. The number of hydrogen-bond donors (Lipinski definition) is 1. The van der Waals surface area contributed by atoms with Gasteiger partial charge in [0, 0.05) is 24.2 Å². The highest BCUT2D eigenvalue weighted by atomic mass is 32.1. The molecule has 2 aromatic rings. The summed E-state index contributed by atoms with van der Waals surface area (Å²) in [5.74, 6) is 0.787. The number of fused-ring (bicyclic) bond motifs is 1. The predicted octanol–water partition coefficient (Wildman–Crippen LogP) is 2.02. The summed E-state index contributed by atoms with van der Waals surface area (Å²) in [4.78, 5) is 7.49. The van der Waals surface area contributed by atoms with E-state index in [0.717, 1.165) is 16.5 Å². The van der Waals surface area contributed by atoms with E-state index in [1.54, 1.807) is 0 Å². The first kappa shape index (κ1) is 12.9. The van der Waals surface area contributed by atoms with Crippen molar-refractivity contribution in [3.63, 3.8) is 0 Å². The maximum atomic E-state index is 9.53. The lowest BCUT2D eigenvalue weighted by Crippen LogP contribution is -2.32. The van der Waals surface area contributed by atoms with Crippen LogP contribution >= 0.6 is 11.3 Å². The zero-order chi connectivity index (χ0) is 13.1. The molecule has 0 saturated carbocycles. The molecule has 96 valence electrons. The van der Waals surface area contributed by atoms with E-state index in [2.05, 4.69) is 29.8 Å². The molecular weight excluding hydrogens is 248 g/mol. The van der Waals surface area contributed by atoms with Gasteiger partial charge in [-0.1, -0.05) is 0 Å². The number of aliphatic hydroxyl groups excluding tert-OH is 1. The van der Waals surface area contributed by atoms with Crippen molar-refractivity contribution in [3.05, 3.63) is 17.3 Å². The fourth-order valence-corrected chi connectivity index (χ4v) is 2.71. The first-order valence-electron chi connectivity index (χ1n) is 5.88. The highest BCUT2D eigenvalue weighted by molar-refractivity contribution is 7.15. The van der Waals surface area contributed by atoms with Crippen molar-refractivity contribution in [1.29, 1.82) is 5.26 Å². The summed E-state index contributed by atoms with van der Waals surface area (Å²) in [6.45, 7) is 4.70. The fourth-order valence-electron chi connectivity index (χ4n) is 1.98. The lowest BCUT2D eigenvalue weighted by Gasteiger charge is -2.26. The molecule has 0 aliphatic heterocycles. The SMILES string of the molecule is CC(C)N(CCC#N)c1nc2sccn2c1CO. The molecule has 6 heteroatoms. The minimum Gasteiger partial charge on any atom is -0.390 e. The van der Waals surface area contributed by atoms with Gasteiger partial charge in [0.2, 0.25) is 0 Å². The van der Waals surface area contributed by atoms with E-state index in [4.69, 9.17) is 5.26 Å². The molecule has 0 unspecified atom stereocenters. The summed E-state index contributed by atoms with van der Waals surface area (Å²) in [6.07, 6.45) is 2.36. The zero-order valence-electron chi connectivity index (χ0n) is 10.5. The van der Waals surface area contributed by atoms with Gasteiger partial charge in [-0.05, 0) is 13.8 Å². The van der Waals surface area contributed by atoms with Gasteiger partial charge in [-0.3, -0.25) is 4.40 Å². The number of thiazole rings is 1. The molecule has 0 fully saturated rings. The zero-order valence-corrected chi connectivity index (χ0v) is 11.3. The van der Waals surface area contributed by atoms with Crippen LogP contribution in [0, 0.1) is 11.3 Å². The standard InChI is InChI=1S/C12H16N4OS/c1-9(2)15(5-3-4-13)11-10(8-17)16-6-7-18-12(16)14-11/h6-7,9,17H,3,5,8H2,1-2H3. The van der Waals surface area contributed by atoms with Crippen LogP contribution in [0.25, 0.3) is 4.96 Å². The van der Waals surface area contributed by atoms with Gasteiger partial charge >= 0.3 is 0 Å². The molecule has 0 amide bonds. The maximum Gasteiger partial charge on any atom is 0.195 e. The van der Waals surface area contributed by atoms with E-state index in [1.165, 1.54) is 11.3 Å². The van der Waals surface area contributed by atoms with E-state index >= 15 is 0 Å². The highest BCUT2D eigenvalue weighted by Crippen LogP contribution is 2.26. The Morgan fingerprint density at radius 2 is 2.39 bits per heavy atom. The summed E-state index contributed by atoms with van der Waals surface area (Å²) in [5.41, 5.74) is 0.790. The summed E-state index contributed by atoms with van der Waals surface area (Å²) < 4.78 is 1.90. The van der Waals surface area contributed by atoms with E-state index < -0.39 is 0 Å². The Labute approximate surface area is 110 Å². The normalized spacial score (nSPS) is 11.1. The summed E-state index contributed by atoms with van der Waals surface area (Å²) in [7, 11) is 0. The van der Waals surface area contributed by atoms with Crippen LogP contribution < -0.4 is 4.90 Å². The Balaban J connectivity index is 2.43. The third-order valence-electron chi connectivity index (χ3n) is 2.85. The van der Waals surface area contributed by atoms with Gasteiger partial charge < -0.3 is 10.0 Å². The number of nitrogens with zero attached hydrogens (tertiary/aromatic N) is 4. The van der Waals surface area contributed by atoms with Crippen molar-refractivity contribution >= 4 is 22.1 Å². The molecule has 0 atom stereocenters. The molecule has 0 aliphatic rings. The van der Waals surface area contributed by atoms with Crippen LogP contribution in [0.15, 0.2) is 11.6 Å². The second-order valence-electron chi connectivity index (χ2n) is 4.29. The quantitative estimate of drug-likeness (QED) is 0.897. The van der Waals surface area contributed by atoms with Crippen LogP contribution in [0.1, 0.15) is 26.0 Å². The molecule has 0 bridgehead atoms. The molecule has 0 radical (unpaired) electrons. The minimum atomic E-state index is -0.0526. The summed E-state index contributed by atoms with van der Waals surface area (Å²) >= 11 is 1.54. The molecule has 0 spiro atoms. The molecule has 0 aromatic carbocycles. The molecule has 0 saturated heterocycles. The van der Waals surface area contributed by atoms with Gasteiger partial charge in [0.15, 0.2) is 10.8 Å². The second-order valence-corrected chi connectivity index (χ2v) is 5.16. The van der Waals surface area contributed by atoms with Crippen molar-refractivity contribution in [3.8, 4) is 6.07 Å². The number of aliphatic hydroxyl groups is 1. The topological polar surface area (TPSA) is 64.6 Å². The predicted molar refractivity (Wildman–Crippen MR) is 71.7 cm³/mol. The van der Waals surface area contributed by atoms with E-state index in [0.29, 0.717) is 13.0 Å². The van der Waals surface area contributed by atoms with Crippen LogP contribution in [0.5, 0.6) is 0 Å². The first-order chi connectivity index (χ1) is 8.69. The van der Waals surface area contributed by atoms with Crippen LogP contribution in [0.4, 0.5) is 5.82 Å². The second kappa shape index (κ2) is 5.38. The summed E-state index contributed by atoms with van der Waals surface area (Å²) in [6, 6.07) is 2.40. The van der Waals surface area contributed by atoms with E-state index in [9.17, 15) is 5.11 Å². The average molecular weight is 264 g/mol. The number of nitriles is 1. The van der Waals surface area contributed by atoms with Gasteiger partial charge in [0.1, 0.15) is 0 Å². The van der Waals surface area contributed by atoms with Crippen molar-refractivity contribution in [2.24, 2.45) is 0 Å². The number of aromatic nitrogens is 2. The monoisotopic (exact) mass is 264 g/mol. The Kier molecular flexibility index (Phi) is 3.84. The van der Waals surface area contributed by atoms with Crippen molar-refractivity contribution < 1.29 is 5.11 Å². The Hall–Kier alpha value is -1.58. The molecule has 2 aromatic heterocycles. The van der Waals surface area contributed by atoms with Gasteiger partial charge in [-0.25, -0.2) is 4.98 Å². The molecule has 5 nitrogen and oxygen atoms in total. The largest absolute Gasteiger partial charge is 0.390 e. The van der Waals surface area contributed by atoms with Gasteiger partial charge in [0.25, 0.3) is 0 Å². The number of anilines is 1. The Morgan fingerprint density at radius 3 is 3.00 bits per heavy atom. The third-order valence-corrected chi connectivity index (χ3v) is 3.61. The van der Waals surface area contributed by atoms with E-state index in [1.807, 2.05) is 16.0 Å². The van der Waals surface area contributed by atoms with Crippen molar-refractivity contribution in [2.45, 2.75) is 32.9 Å². The number of hydrogen-bond acceptors (Lipinski definition) is 5. The molecule has 0 aliphatic carbocycles. The van der Waals surface area contributed by atoms with Gasteiger partial charge in [0.05, 0.1) is 24.8 Å². The van der Waals surface area contributed by atoms with Crippen molar-refractivity contribution in [1.82, 2.24) is 9.38 Å². The highest BCUT2D eigenvalue weighted by Gasteiger charge is 2.20. The molecule has 2 heterocycles. The van der Waals surface area contributed by atoms with Gasteiger partial charge in [-0.15, -0.1) is 11.3 Å². The van der Waals surface area contributed by atoms with E-state index in [-0.39, 0.29) is 12.6 Å². The Bertz CT molecular complexity index is 566. The van der Waals surface area contributed by atoms with Gasteiger partial charge in [-0.2, -0.15) is 5.26 Å². The van der Waals surface area contributed by atoms with Crippen LogP contribution in [0.3, 0.4) is 0 Å². The van der Waals surface area contributed by atoms with Crippen LogP contribution in [-0.2, 0) is 6.61 Å². The minimum absolute atomic E-state index is 0.0526. The lowest BCUT2D eigenvalue weighted by molar-refractivity contribution is 0.276. The molecule has 2 rings (SSSR count). The molecular formula is C12H16N4OS. The van der Waals surface area contributed by atoms with Crippen molar-refractivity contribution in [2.75, 3.05) is 11.4 Å². The number of rotatable bonds is 5. The first-order valence-corrected chi connectivity index (χ1v) is 6.76. The maximum absolute atomic E-state index is 9.53. The lowest BCUT2D eigenvalue weighted by atomic mass is 10.2. The third kappa shape index (κ3) is 2.19. The fraction of sp³-hybridized carbons (Fsp3) is 0.500. The summed E-state index contributed by atoms with van der Waals surface area (Å²) in [5, 5.41) is 20.2. The smallest absolute Gasteiger partial charge is 0.195 e. The Morgan fingerprint density at radius 1 is 1.61 bits per heavy atom. The van der Waals surface area contributed by atoms with Crippen LogP contribution in [-0.4, -0.2) is 27.1 Å². The molecule has 1 N–H and O–H groups in total. The average Bonchev–Trinajstić information content (AvgIpc) is 2.89. The van der Waals surface area contributed by atoms with Crippen LogP contribution in [0.2, 0.25) is 0 Å². The molecule has 18 heavy (non-hydrogen) atoms.